The van der Waals surface area contributed by atoms with Gasteiger partial charge in [-0.15, -0.1) is 0 Å². The Labute approximate surface area is 81.6 Å². The van der Waals surface area contributed by atoms with E-state index in [1.165, 1.54) is 5.06 Å². The van der Waals surface area contributed by atoms with Crippen LogP contribution in [0, 0.1) is 0 Å². The zero-order valence-electron chi connectivity index (χ0n) is 7.97. The van der Waals surface area contributed by atoms with E-state index in [2.05, 4.69) is 0 Å². The van der Waals surface area contributed by atoms with Crippen molar-refractivity contribution < 1.29 is 23.8 Å². The third-order valence-electron chi connectivity index (χ3n) is 1.92. The SMILES string of the molecule is COCCC(=O)ON(C1CO1)C1CO1. The van der Waals surface area contributed by atoms with E-state index < -0.39 is 0 Å². The Morgan fingerprint density at radius 2 is 2.00 bits per heavy atom. The van der Waals surface area contributed by atoms with E-state index in [0.717, 1.165) is 0 Å². The van der Waals surface area contributed by atoms with Crippen molar-refractivity contribution in [2.75, 3.05) is 26.9 Å². The van der Waals surface area contributed by atoms with Gasteiger partial charge in [0.15, 0.2) is 12.5 Å². The Morgan fingerprint density at radius 3 is 2.43 bits per heavy atom. The molecular weight excluding hydrogens is 190 g/mol. The van der Waals surface area contributed by atoms with Crippen molar-refractivity contribution in [1.29, 1.82) is 0 Å². The maximum Gasteiger partial charge on any atom is 0.327 e. The van der Waals surface area contributed by atoms with Gasteiger partial charge in [0, 0.05) is 7.11 Å². The van der Waals surface area contributed by atoms with E-state index in [-0.39, 0.29) is 24.8 Å². The number of hydrogen-bond acceptors (Lipinski definition) is 6. The fraction of sp³-hybridized carbons (Fsp3) is 0.875. The molecule has 0 radical (unpaired) electrons. The molecule has 0 amide bonds. The summed E-state index contributed by atoms with van der Waals surface area (Å²) in [5, 5.41) is 1.47. The van der Waals surface area contributed by atoms with Crippen LogP contribution in [0.2, 0.25) is 0 Å². The molecule has 6 heteroatoms. The van der Waals surface area contributed by atoms with Gasteiger partial charge in [-0.25, -0.2) is 0 Å². The van der Waals surface area contributed by atoms with Gasteiger partial charge < -0.3 is 19.0 Å². The molecule has 2 aliphatic heterocycles. The maximum absolute atomic E-state index is 11.2. The van der Waals surface area contributed by atoms with Crippen molar-refractivity contribution in [1.82, 2.24) is 5.06 Å². The van der Waals surface area contributed by atoms with E-state index >= 15 is 0 Å². The molecule has 0 aromatic rings. The summed E-state index contributed by atoms with van der Waals surface area (Å²) in [5.41, 5.74) is 0. The number of methoxy groups -OCH3 is 1. The Balaban J connectivity index is 1.72. The van der Waals surface area contributed by atoms with Gasteiger partial charge in [-0.05, 0) is 0 Å². The third kappa shape index (κ3) is 2.65. The van der Waals surface area contributed by atoms with Crippen molar-refractivity contribution in [3.63, 3.8) is 0 Å². The van der Waals surface area contributed by atoms with Gasteiger partial charge in [-0.1, -0.05) is 5.06 Å². The Bertz CT molecular complexity index is 202. The smallest absolute Gasteiger partial charge is 0.327 e. The molecule has 0 N–H and O–H groups in total. The van der Waals surface area contributed by atoms with E-state index in [1.807, 2.05) is 0 Å². The highest BCUT2D eigenvalue weighted by atomic mass is 16.8. The number of rotatable bonds is 6. The van der Waals surface area contributed by atoms with E-state index in [1.54, 1.807) is 7.11 Å². The topological polar surface area (TPSA) is 63.8 Å². The number of nitrogens with zero attached hydrogens (tertiary/aromatic N) is 1. The predicted octanol–water partition coefficient (Wildman–Crippen LogP) is -0.504. The zero-order valence-corrected chi connectivity index (χ0v) is 7.97. The third-order valence-corrected chi connectivity index (χ3v) is 1.92. The highest BCUT2D eigenvalue weighted by Gasteiger charge is 2.44. The predicted molar refractivity (Wildman–Crippen MR) is 43.9 cm³/mol. The minimum absolute atomic E-state index is 0.117. The summed E-state index contributed by atoms with van der Waals surface area (Å²) in [6.07, 6.45) is 0.00916. The number of hydrogen-bond donors (Lipinski definition) is 0. The van der Waals surface area contributed by atoms with Gasteiger partial charge in [0.05, 0.1) is 26.2 Å². The zero-order chi connectivity index (χ0) is 9.97. The summed E-state index contributed by atoms with van der Waals surface area (Å²) < 4.78 is 14.8. The fourth-order valence-corrected chi connectivity index (χ4v) is 1.03. The van der Waals surface area contributed by atoms with Gasteiger partial charge in [0.1, 0.15) is 0 Å². The average molecular weight is 203 g/mol. The van der Waals surface area contributed by atoms with Crippen molar-refractivity contribution in [3.8, 4) is 0 Å². The van der Waals surface area contributed by atoms with Crippen molar-refractivity contribution in [3.05, 3.63) is 0 Å². The Kier molecular flexibility index (Phi) is 2.97. The van der Waals surface area contributed by atoms with E-state index in [4.69, 9.17) is 19.0 Å². The van der Waals surface area contributed by atoms with Crippen molar-refractivity contribution in [2.24, 2.45) is 0 Å². The monoisotopic (exact) mass is 203 g/mol. The van der Waals surface area contributed by atoms with Gasteiger partial charge >= 0.3 is 5.97 Å². The first-order chi connectivity index (χ1) is 6.81. The summed E-state index contributed by atoms with van der Waals surface area (Å²) in [5.74, 6) is -0.321. The van der Waals surface area contributed by atoms with Crippen LogP contribution in [-0.4, -0.2) is 50.4 Å². The summed E-state index contributed by atoms with van der Waals surface area (Å²) in [6.45, 7) is 1.55. The lowest BCUT2D eigenvalue weighted by atomic mass is 10.5. The average Bonchev–Trinajstić information content (AvgIpc) is 3.04. The quantitative estimate of drug-likeness (QED) is 0.428. The normalized spacial score (nSPS) is 29.0. The maximum atomic E-state index is 11.2. The summed E-state index contributed by atoms with van der Waals surface area (Å²) in [7, 11) is 1.54. The largest absolute Gasteiger partial charge is 0.384 e. The molecule has 2 aliphatic rings. The number of hydroxylamine groups is 2. The molecule has 0 aromatic carbocycles. The van der Waals surface area contributed by atoms with E-state index in [0.29, 0.717) is 19.8 Å². The number of ether oxygens (including phenoxy) is 3. The molecule has 2 atom stereocenters. The van der Waals surface area contributed by atoms with Gasteiger partial charge in [-0.2, -0.15) is 0 Å². The second-order valence-corrected chi connectivity index (χ2v) is 3.14. The van der Waals surface area contributed by atoms with Crippen LogP contribution in [0.3, 0.4) is 0 Å². The highest BCUT2D eigenvalue weighted by molar-refractivity contribution is 5.69. The Hall–Kier alpha value is -0.690. The minimum atomic E-state index is -0.321. The molecule has 2 fully saturated rings. The van der Waals surface area contributed by atoms with Crippen LogP contribution in [0.4, 0.5) is 0 Å². The first kappa shape index (κ1) is 9.85. The fourth-order valence-electron chi connectivity index (χ4n) is 1.03. The standard InChI is InChI=1S/C8H13NO5/c1-11-3-2-8(10)14-9(6-4-12-6)7-5-13-7/h6-7H,2-5H2,1H3. The van der Waals surface area contributed by atoms with Gasteiger partial charge in [0.2, 0.25) is 0 Å². The lowest BCUT2D eigenvalue weighted by molar-refractivity contribution is -0.214. The number of carbonyl (C=O) groups excluding carboxylic acids is 1. The molecule has 6 nitrogen and oxygen atoms in total. The van der Waals surface area contributed by atoms with Crippen molar-refractivity contribution >= 4 is 5.97 Å². The molecule has 2 saturated heterocycles. The van der Waals surface area contributed by atoms with Crippen LogP contribution in [-0.2, 0) is 23.8 Å². The molecule has 0 aliphatic carbocycles. The van der Waals surface area contributed by atoms with Crippen LogP contribution in [0.5, 0.6) is 0 Å². The van der Waals surface area contributed by atoms with E-state index in [9.17, 15) is 4.79 Å². The molecule has 80 valence electrons. The summed E-state index contributed by atoms with van der Waals surface area (Å²) in [6, 6.07) is 0. The molecular formula is C8H13NO5. The molecule has 14 heavy (non-hydrogen) atoms. The summed E-state index contributed by atoms with van der Waals surface area (Å²) >= 11 is 0. The lowest BCUT2D eigenvalue weighted by Crippen LogP contribution is -2.33. The first-order valence-corrected chi connectivity index (χ1v) is 4.52. The second kappa shape index (κ2) is 4.22. The second-order valence-electron chi connectivity index (χ2n) is 3.14. The number of epoxide rings is 2. The Morgan fingerprint density at radius 1 is 1.43 bits per heavy atom. The van der Waals surface area contributed by atoms with Crippen molar-refractivity contribution in [2.45, 2.75) is 18.9 Å². The molecule has 2 heterocycles. The van der Waals surface area contributed by atoms with Gasteiger partial charge in [-0.3, -0.25) is 4.79 Å². The molecule has 0 aromatic heterocycles. The highest BCUT2D eigenvalue weighted by Crippen LogP contribution is 2.25. The molecule has 2 unspecified atom stereocenters. The number of carbonyl (C=O) groups is 1. The van der Waals surface area contributed by atoms with Gasteiger partial charge in [0.25, 0.3) is 0 Å². The first-order valence-electron chi connectivity index (χ1n) is 4.52. The lowest BCUT2D eigenvalue weighted by Gasteiger charge is -2.15. The molecule has 0 bridgehead atoms. The van der Waals surface area contributed by atoms with Crippen LogP contribution in [0.1, 0.15) is 6.42 Å². The molecule has 0 spiro atoms. The minimum Gasteiger partial charge on any atom is -0.384 e. The molecule has 0 saturated carbocycles. The summed E-state index contributed by atoms with van der Waals surface area (Å²) in [4.78, 5) is 16.3. The van der Waals surface area contributed by atoms with Crippen LogP contribution >= 0.6 is 0 Å². The van der Waals surface area contributed by atoms with Crippen LogP contribution in [0.15, 0.2) is 0 Å². The van der Waals surface area contributed by atoms with Crippen LogP contribution < -0.4 is 0 Å². The van der Waals surface area contributed by atoms with Crippen LogP contribution in [0.25, 0.3) is 0 Å². The molecule has 2 rings (SSSR count).